The summed E-state index contributed by atoms with van der Waals surface area (Å²) in [5.74, 6) is -2.94. The topological polar surface area (TPSA) is 72.7 Å². The third kappa shape index (κ3) is 3.37. The monoisotopic (exact) mass is 401 g/mol. The van der Waals surface area contributed by atoms with Crippen LogP contribution in [0, 0.1) is 17.5 Å². The zero-order valence-electron chi connectivity index (χ0n) is 13.9. The van der Waals surface area contributed by atoms with E-state index in [4.69, 9.17) is 0 Å². The van der Waals surface area contributed by atoms with Gasteiger partial charge in [-0.3, -0.25) is 10.1 Å². The molecule has 0 atom stereocenters. The van der Waals surface area contributed by atoms with Crippen molar-refractivity contribution in [2.75, 3.05) is 5.32 Å². The molecule has 10 heteroatoms. The molecule has 0 aliphatic heterocycles. The average Bonchev–Trinajstić information content (AvgIpc) is 3.32. The summed E-state index contributed by atoms with van der Waals surface area (Å²) in [6.45, 7) is 0. The molecule has 4 rings (SSSR count). The molecule has 0 saturated heterocycles. The molecule has 0 spiro atoms. The maximum atomic E-state index is 14.3. The Bertz CT molecular complexity index is 1160. The van der Waals surface area contributed by atoms with Crippen LogP contribution in [0.3, 0.4) is 0 Å². The van der Waals surface area contributed by atoms with E-state index in [1.165, 1.54) is 41.6 Å². The number of carbonyl (C=O) groups excluding carboxylic acids is 1. The lowest BCUT2D eigenvalue weighted by atomic mass is 10.1. The number of halogens is 3. The summed E-state index contributed by atoms with van der Waals surface area (Å²) < 4.78 is 42.7. The molecule has 0 radical (unpaired) electrons. The van der Waals surface area contributed by atoms with E-state index in [2.05, 4.69) is 20.4 Å². The summed E-state index contributed by atoms with van der Waals surface area (Å²) in [4.78, 5) is 20.4. The molecule has 0 bridgehead atoms. The van der Waals surface area contributed by atoms with Crippen molar-refractivity contribution in [2.24, 2.45) is 0 Å². The Morgan fingerprint density at radius 3 is 2.61 bits per heavy atom. The van der Waals surface area contributed by atoms with Crippen LogP contribution in [-0.4, -0.2) is 25.7 Å². The smallest absolute Gasteiger partial charge is 0.260 e. The van der Waals surface area contributed by atoms with Gasteiger partial charge in [-0.25, -0.2) is 27.8 Å². The highest BCUT2D eigenvalue weighted by Crippen LogP contribution is 2.35. The standard InChI is InChI=1S/C18H10F3N5OS/c19-10-5-6-11(14(21)7-10)15-17(26-9-22-8-23-26)28-18(24-15)25-16(27)12-3-1-2-4-13(12)20/h1-9H,(H,24,25,27). The van der Waals surface area contributed by atoms with Crippen molar-refractivity contribution in [2.45, 2.75) is 0 Å². The number of nitrogens with zero attached hydrogens (tertiary/aromatic N) is 4. The van der Waals surface area contributed by atoms with Crippen LogP contribution in [0.25, 0.3) is 16.3 Å². The molecule has 0 unspecified atom stereocenters. The summed E-state index contributed by atoms with van der Waals surface area (Å²) in [6, 6.07) is 8.56. The number of carbonyl (C=O) groups is 1. The molecule has 140 valence electrons. The van der Waals surface area contributed by atoms with Crippen molar-refractivity contribution in [3.8, 4) is 16.3 Å². The molecule has 1 N–H and O–H groups in total. The van der Waals surface area contributed by atoms with Crippen LogP contribution in [0.5, 0.6) is 0 Å². The predicted octanol–water partition coefficient (Wildman–Crippen LogP) is 4.06. The van der Waals surface area contributed by atoms with Crippen LogP contribution in [0.4, 0.5) is 18.3 Å². The Hall–Kier alpha value is -3.53. The molecule has 2 heterocycles. The molecule has 0 saturated carbocycles. The van der Waals surface area contributed by atoms with Gasteiger partial charge in [0, 0.05) is 11.6 Å². The van der Waals surface area contributed by atoms with Crippen LogP contribution >= 0.6 is 11.3 Å². The Balaban J connectivity index is 1.76. The minimum atomic E-state index is -0.821. The normalized spacial score (nSPS) is 10.8. The van der Waals surface area contributed by atoms with Crippen molar-refractivity contribution in [1.29, 1.82) is 0 Å². The zero-order valence-corrected chi connectivity index (χ0v) is 14.8. The van der Waals surface area contributed by atoms with Gasteiger partial charge >= 0.3 is 0 Å². The number of anilines is 1. The van der Waals surface area contributed by atoms with Crippen molar-refractivity contribution in [1.82, 2.24) is 19.7 Å². The minimum absolute atomic E-state index is 0.0227. The highest BCUT2D eigenvalue weighted by molar-refractivity contribution is 7.18. The van der Waals surface area contributed by atoms with E-state index in [1.807, 2.05) is 0 Å². The highest BCUT2D eigenvalue weighted by Gasteiger charge is 2.21. The summed E-state index contributed by atoms with van der Waals surface area (Å²) >= 11 is 0.988. The molecule has 2 aromatic heterocycles. The zero-order chi connectivity index (χ0) is 19.7. The van der Waals surface area contributed by atoms with Crippen LogP contribution in [-0.2, 0) is 0 Å². The van der Waals surface area contributed by atoms with E-state index in [9.17, 15) is 18.0 Å². The first kappa shape index (κ1) is 17.9. The summed E-state index contributed by atoms with van der Waals surface area (Å²) in [7, 11) is 0. The molecule has 0 aliphatic carbocycles. The number of amides is 1. The first-order valence-electron chi connectivity index (χ1n) is 7.90. The van der Waals surface area contributed by atoms with E-state index < -0.39 is 23.4 Å². The van der Waals surface area contributed by atoms with Gasteiger partial charge < -0.3 is 0 Å². The average molecular weight is 401 g/mol. The van der Waals surface area contributed by atoms with E-state index in [1.54, 1.807) is 0 Å². The van der Waals surface area contributed by atoms with Crippen LogP contribution in [0.2, 0.25) is 0 Å². The number of hydrogen-bond donors (Lipinski definition) is 1. The van der Waals surface area contributed by atoms with E-state index in [-0.39, 0.29) is 22.0 Å². The minimum Gasteiger partial charge on any atom is -0.298 e. The largest absolute Gasteiger partial charge is 0.298 e. The summed E-state index contributed by atoms with van der Waals surface area (Å²) in [5.41, 5.74) is 0.000827. The molecular formula is C18H10F3N5OS. The number of nitrogens with one attached hydrogen (secondary N) is 1. The van der Waals surface area contributed by atoms with Crippen molar-refractivity contribution in [3.05, 3.63) is 78.1 Å². The lowest BCUT2D eigenvalue weighted by Gasteiger charge is -2.03. The lowest BCUT2D eigenvalue weighted by Crippen LogP contribution is -2.13. The third-order valence-electron chi connectivity index (χ3n) is 3.76. The quantitative estimate of drug-likeness (QED) is 0.560. The lowest BCUT2D eigenvalue weighted by molar-refractivity contribution is 0.102. The number of benzene rings is 2. The molecule has 6 nitrogen and oxygen atoms in total. The SMILES string of the molecule is O=C(Nc1nc(-c2ccc(F)cc2F)c(-n2cncn2)s1)c1ccccc1F. The van der Waals surface area contributed by atoms with Crippen molar-refractivity contribution in [3.63, 3.8) is 0 Å². The fourth-order valence-electron chi connectivity index (χ4n) is 2.50. The summed E-state index contributed by atoms with van der Waals surface area (Å²) in [5, 5.41) is 6.93. The van der Waals surface area contributed by atoms with Gasteiger partial charge in [0.2, 0.25) is 0 Å². The highest BCUT2D eigenvalue weighted by atomic mass is 32.1. The fraction of sp³-hybridized carbons (Fsp3) is 0. The van der Waals surface area contributed by atoms with Crippen LogP contribution < -0.4 is 5.32 Å². The maximum Gasteiger partial charge on any atom is 0.260 e. The van der Waals surface area contributed by atoms with Gasteiger partial charge in [0.15, 0.2) is 5.13 Å². The molecular weight excluding hydrogens is 391 g/mol. The number of rotatable bonds is 4. The molecule has 0 fully saturated rings. The second-order valence-electron chi connectivity index (χ2n) is 5.57. The first-order valence-corrected chi connectivity index (χ1v) is 8.71. The fourth-order valence-corrected chi connectivity index (χ4v) is 3.40. The summed E-state index contributed by atoms with van der Waals surface area (Å²) in [6.07, 6.45) is 2.66. The van der Waals surface area contributed by atoms with Gasteiger partial charge in [-0.2, -0.15) is 5.10 Å². The molecule has 2 aromatic carbocycles. The number of thiazole rings is 1. The maximum absolute atomic E-state index is 14.3. The molecule has 0 aliphatic rings. The molecule has 1 amide bonds. The van der Waals surface area contributed by atoms with Gasteiger partial charge in [0.1, 0.15) is 40.8 Å². The first-order chi connectivity index (χ1) is 13.5. The second kappa shape index (κ2) is 7.24. The Labute approximate surface area is 160 Å². The Morgan fingerprint density at radius 2 is 1.89 bits per heavy atom. The van der Waals surface area contributed by atoms with Crippen LogP contribution in [0.1, 0.15) is 10.4 Å². The van der Waals surface area contributed by atoms with Gasteiger partial charge in [0.25, 0.3) is 5.91 Å². The van der Waals surface area contributed by atoms with Gasteiger partial charge in [0.05, 0.1) is 5.56 Å². The third-order valence-corrected chi connectivity index (χ3v) is 4.72. The van der Waals surface area contributed by atoms with Crippen molar-refractivity contribution >= 4 is 22.4 Å². The second-order valence-corrected chi connectivity index (χ2v) is 6.55. The van der Waals surface area contributed by atoms with Gasteiger partial charge in [-0.05, 0) is 24.3 Å². The van der Waals surface area contributed by atoms with Gasteiger partial charge in [-0.15, -0.1) is 0 Å². The number of aromatic nitrogens is 4. The Morgan fingerprint density at radius 1 is 1.07 bits per heavy atom. The van der Waals surface area contributed by atoms with Crippen molar-refractivity contribution < 1.29 is 18.0 Å². The van der Waals surface area contributed by atoms with Crippen LogP contribution in [0.15, 0.2) is 55.1 Å². The molecule has 4 aromatic rings. The van der Waals surface area contributed by atoms with E-state index >= 15 is 0 Å². The van der Waals surface area contributed by atoms with Gasteiger partial charge in [-0.1, -0.05) is 23.5 Å². The molecule has 28 heavy (non-hydrogen) atoms. The van der Waals surface area contributed by atoms with E-state index in [0.717, 1.165) is 29.5 Å². The number of hydrogen-bond acceptors (Lipinski definition) is 5. The Kier molecular flexibility index (Phi) is 4.62. The van der Waals surface area contributed by atoms with E-state index in [0.29, 0.717) is 5.00 Å². The predicted molar refractivity (Wildman–Crippen MR) is 96.7 cm³/mol.